The van der Waals surface area contributed by atoms with Gasteiger partial charge in [0.1, 0.15) is 0 Å². The highest BCUT2D eigenvalue weighted by Gasteiger charge is 2.34. The lowest BCUT2D eigenvalue weighted by molar-refractivity contribution is -0.122. The Morgan fingerprint density at radius 3 is 2.68 bits per heavy atom. The Balaban J connectivity index is 0.00000176. The number of benzene rings is 1. The number of amides is 1. The predicted octanol–water partition coefficient (Wildman–Crippen LogP) is 2.76. The summed E-state index contributed by atoms with van der Waals surface area (Å²) >= 11 is 0. The molecule has 1 atom stereocenters. The first-order chi connectivity index (χ1) is 10.2. The van der Waals surface area contributed by atoms with E-state index >= 15 is 0 Å². The van der Waals surface area contributed by atoms with Crippen molar-refractivity contribution in [3.8, 4) is 5.69 Å². The molecule has 0 bridgehead atoms. The molecule has 1 aromatic carbocycles. The molecule has 1 amide bonds. The zero-order chi connectivity index (χ0) is 14.7. The van der Waals surface area contributed by atoms with Crippen LogP contribution in [0.3, 0.4) is 0 Å². The topological polar surface area (TPSA) is 59.0 Å². The molecule has 5 nitrogen and oxygen atoms in total. The third-order valence-corrected chi connectivity index (χ3v) is 4.01. The lowest BCUT2D eigenvalue weighted by Crippen LogP contribution is -2.54. The molecule has 6 heteroatoms. The molecule has 2 heterocycles. The first kappa shape index (κ1) is 16.5. The van der Waals surface area contributed by atoms with Crippen LogP contribution in [0.4, 0.5) is 5.69 Å². The third kappa shape index (κ3) is 3.48. The van der Waals surface area contributed by atoms with Crippen molar-refractivity contribution in [2.24, 2.45) is 0 Å². The molecule has 118 valence electrons. The van der Waals surface area contributed by atoms with Crippen LogP contribution in [0.25, 0.3) is 5.69 Å². The molecule has 2 aromatic rings. The molecule has 1 saturated heterocycles. The van der Waals surface area contributed by atoms with Gasteiger partial charge in [-0.3, -0.25) is 4.79 Å². The highest BCUT2D eigenvalue weighted by molar-refractivity contribution is 5.97. The maximum Gasteiger partial charge on any atom is 0.244 e. The average Bonchev–Trinajstić information content (AvgIpc) is 3.03. The van der Waals surface area contributed by atoms with Crippen molar-refractivity contribution in [1.29, 1.82) is 0 Å². The first-order valence-corrected chi connectivity index (χ1v) is 7.34. The van der Waals surface area contributed by atoms with E-state index in [1.165, 1.54) is 0 Å². The number of hydrogen-bond acceptors (Lipinski definition) is 3. The molecule has 0 aliphatic carbocycles. The van der Waals surface area contributed by atoms with Crippen molar-refractivity contribution in [1.82, 2.24) is 15.1 Å². The lowest BCUT2D eigenvalue weighted by Gasteiger charge is -2.33. The van der Waals surface area contributed by atoms with Gasteiger partial charge in [-0.1, -0.05) is 0 Å². The van der Waals surface area contributed by atoms with E-state index < -0.39 is 5.54 Å². The van der Waals surface area contributed by atoms with Gasteiger partial charge >= 0.3 is 0 Å². The molecule has 0 radical (unpaired) electrons. The third-order valence-electron chi connectivity index (χ3n) is 4.01. The Kier molecular flexibility index (Phi) is 5.21. The maximum atomic E-state index is 12.4. The molecule has 1 aliphatic rings. The van der Waals surface area contributed by atoms with E-state index in [2.05, 4.69) is 15.7 Å². The van der Waals surface area contributed by atoms with E-state index in [-0.39, 0.29) is 18.3 Å². The number of rotatable bonds is 3. The number of carbonyl (C=O) groups is 1. The zero-order valence-corrected chi connectivity index (χ0v) is 13.4. The van der Waals surface area contributed by atoms with Gasteiger partial charge in [0.05, 0.1) is 11.2 Å². The summed E-state index contributed by atoms with van der Waals surface area (Å²) in [4.78, 5) is 12.4. The number of nitrogens with one attached hydrogen (secondary N) is 2. The summed E-state index contributed by atoms with van der Waals surface area (Å²) in [7, 11) is 0. The first-order valence-electron chi connectivity index (χ1n) is 7.34. The number of anilines is 1. The standard InChI is InChI=1S/C16H20N4O.ClH/c1-16(9-2-3-10-17-16)15(21)19-13-5-7-14(8-6-13)20-12-4-11-18-20;/h4-8,11-12,17H,2-3,9-10H2,1H3,(H,19,21);1H. The van der Waals surface area contributed by atoms with Gasteiger partial charge in [0.15, 0.2) is 0 Å². The van der Waals surface area contributed by atoms with Crippen LogP contribution in [0.15, 0.2) is 42.7 Å². The molecular formula is C16H21ClN4O. The molecule has 1 aliphatic heterocycles. The number of aromatic nitrogens is 2. The second kappa shape index (κ2) is 6.94. The molecule has 1 fully saturated rings. The van der Waals surface area contributed by atoms with Crippen LogP contribution in [-0.4, -0.2) is 27.8 Å². The Bertz CT molecular complexity index is 604. The van der Waals surface area contributed by atoms with Crippen LogP contribution in [0.5, 0.6) is 0 Å². The van der Waals surface area contributed by atoms with E-state index in [1.54, 1.807) is 10.9 Å². The van der Waals surface area contributed by atoms with Gasteiger partial charge in [0.25, 0.3) is 0 Å². The highest BCUT2D eigenvalue weighted by Crippen LogP contribution is 2.21. The quantitative estimate of drug-likeness (QED) is 0.914. The smallest absolute Gasteiger partial charge is 0.244 e. The Hall–Kier alpha value is -1.85. The van der Waals surface area contributed by atoms with E-state index in [4.69, 9.17) is 0 Å². The number of nitrogens with zero attached hydrogens (tertiary/aromatic N) is 2. The minimum Gasteiger partial charge on any atom is -0.324 e. The summed E-state index contributed by atoms with van der Waals surface area (Å²) in [5, 5.41) is 10.5. The number of carbonyl (C=O) groups excluding carboxylic acids is 1. The summed E-state index contributed by atoms with van der Waals surface area (Å²) in [6, 6.07) is 9.58. The second-order valence-corrected chi connectivity index (χ2v) is 5.67. The fraction of sp³-hybridized carbons (Fsp3) is 0.375. The van der Waals surface area contributed by atoms with Crippen LogP contribution < -0.4 is 10.6 Å². The van der Waals surface area contributed by atoms with Crippen molar-refractivity contribution in [3.63, 3.8) is 0 Å². The molecule has 1 unspecified atom stereocenters. The van der Waals surface area contributed by atoms with Crippen molar-refractivity contribution >= 4 is 24.0 Å². The number of piperidine rings is 1. The van der Waals surface area contributed by atoms with E-state index in [0.29, 0.717) is 0 Å². The van der Waals surface area contributed by atoms with Crippen molar-refractivity contribution in [2.75, 3.05) is 11.9 Å². The van der Waals surface area contributed by atoms with Gasteiger partial charge in [-0.05, 0) is 63.1 Å². The normalized spacial score (nSPS) is 21.0. The predicted molar refractivity (Wildman–Crippen MR) is 89.7 cm³/mol. The maximum absolute atomic E-state index is 12.4. The van der Waals surface area contributed by atoms with E-state index in [1.807, 2.05) is 43.5 Å². The molecule has 22 heavy (non-hydrogen) atoms. The van der Waals surface area contributed by atoms with Crippen molar-refractivity contribution in [2.45, 2.75) is 31.7 Å². The van der Waals surface area contributed by atoms with Crippen LogP contribution in [-0.2, 0) is 4.79 Å². The van der Waals surface area contributed by atoms with Crippen LogP contribution >= 0.6 is 12.4 Å². The summed E-state index contributed by atoms with van der Waals surface area (Å²) < 4.78 is 1.79. The molecular weight excluding hydrogens is 300 g/mol. The zero-order valence-electron chi connectivity index (χ0n) is 12.6. The number of hydrogen-bond donors (Lipinski definition) is 2. The lowest BCUT2D eigenvalue weighted by atomic mass is 9.90. The molecule has 1 aromatic heterocycles. The molecule has 2 N–H and O–H groups in total. The number of halogens is 1. The van der Waals surface area contributed by atoms with Gasteiger partial charge in [-0.2, -0.15) is 5.10 Å². The molecule has 3 rings (SSSR count). The van der Waals surface area contributed by atoms with Gasteiger partial charge in [0.2, 0.25) is 5.91 Å². The fourth-order valence-electron chi connectivity index (χ4n) is 2.64. The minimum absolute atomic E-state index is 0. The average molecular weight is 321 g/mol. The SMILES string of the molecule is CC1(C(=O)Nc2ccc(-n3cccn3)cc2)CCCCN1.Cl. The summed E-state index contributed by atoms with van der Waals surface area (Å²) in [5.41, 5.74) is 1.32. The Labute approximate surface area is 136 Å². The minimum atomic E-state index is -0.459. The highest BCUT2D eigenvalue weighted by atomic mass is 35.5. The van der Waals surface area contributed by atoms with Gasteiger partial charge in [0, 0.05) is 18.1 Å². The Morgan fingerprint density at radius 1 is 1.32 bits per heavy atom. The second-order valence-electron chi connectivity index (χ2n) is 5.67. The molecule has 0 saturated carbocycles. The molecule has 0 spiro atoms. The summed E-state index contributed by atoms with van der Waals surface area (Å²) in [6.45, 7) is 2.88. The van der Waals surface area contributed by atoms with E-state index in [0.717, 1.165) is 37.2 Å². The van der Waals surface area contributed by atoms with Crippen molar-refractivity contribution in [3.05, 3.63) is 42.7 Å². The van der Waals surface area contributed by atoms with E-state index in [9.17, 15) is 4.79 Å². The monoisotopic (exact) mass is 320 g/mol. The van der Waals surface area contributed by atoms with Crippen LogP contribution in [0, 0.1) is 0 Å². The fourth-order valence-corrected chi connectivity index (χ4v) is 2.64. The van der Waals surface area contributed by atoms with Crippen molar-refractivity contribution < 1.29 is 4.79 Å². The summed E-state index contributed by atoms with van der Waals surface area (Å²) in [5.74, 6) is 0.0361. The van der Waals surface area contributed by atoms with Crippen LogP contribution in [0.1, 0.15) is 26.2 Å². The van der Waals surface area contributed by atoms with Gasteiger partial charge in [-0.25, -0.2) is 4.68 Å². The van der Waals surface area contributed by atoms with Crippen LogP contribution in [0.2, 0.25) is 0 Å². The van der Waals surface area contributed by atoms with Gasteiger partial charge in [-0.15, -0.1) is 12.4 Å². The van der Waals surface area contributed by atoms with Gasteiger partial charge < -0.3 is 10.6 Å². The largest absolute Gasteiger partial charge is 0.324 e. The summed E-state index contributed by atoms with van der Waals surface area (Å²) in [6.07, 6.45) is 6.74. The Morgan fingerprint density at radius 2 is 2.09 bits per heavy atom.